The van der Waals surface area contributed by atoms with Crippen LogP contribution in [0.5, 0.6) is 17.2 Å². The first kappa shape index (κ1) is 24.9. The Kier molecular flexibility index (Phi) is 8.46. The predicted octanol–water partition coefficient (Wildman–Crippen LogP) is 4.62. The largest absolute Gasteiger partial charge is 0.493 e. The van der Waals surface area contributed by atoms with E-state index in [1.54, 1.807) is 66.7 Å². The molecule has 0 heterocycles. The molecule has 3 aromatic rings. The second kappa shape index (κ2) is 11.9. The fourth-order valence-corrected chi connectivity index (χ4v) is 3.11. The average molecular weight is 472 g/mol. The third-order valence-corrected chi connectivity index (χ3v) is 4.98. The Morgan fingerprint density at radius 3 is 2.20 bits per heavy atom. The van der Waals surface area contributed by atoms with E-state index in [0.29, 0.717) is 40.7 Å². The van der Waals surface area contributed by atoms with Gasteiger partial charge in [0.15, 0.2) is 11.5 Å². The maximum Gasteiger partial charge on any atom is 0.337 e. The van der Waals surface area contributed by atoms with Crippen LogP contribution in [0.1, 0.15) is 21.5 Å². The number of benzene rings is 3. The number of rotatable bonds is 9. The molecule has 3 rings (SSSR count). The van der Waals surface area contributed by atoms with Gasteiger partial charge in [-0.05, 0) is 53.6 Å². The fourth-order valence-electron chi connectivity index (χ4n) is 3.11. The van der Waals surface area contributed by atoms with Crippen LogP contribution in [0.4, 0.5) is 5.69 Å². The van der Waals surface area contributed by atoms with E-state index in [9.17, 15) is 14.9 Å². The first-order chi connectivity index (χ1) is 17.0. The lowest BCUT2D eigenvalue weighted by molar-refractivity contribution is -0.112. The maximum atomic E-state index is 12.6. The van der Waals surface area contributed by atoms with E-state index < -0.39 is 11.9 Å². The SMILES string of the molecule is COC(=O)c1ccc(COc2ccc(/C=C(\C#N)C(=O)Nc3ccc(OC)c(OC)c3)cc2)cc1. The summed E-state index contributed by atoms with van der Waals surface area (Å²) in [7, 11) is 4.35. The van der Waals surface area contributed by atoms with Gasteiger partial charge in [0.05, 0.1) is 26.9 Å². The van der Waals surface area contributed by atoms with Crippen molar-refractivity contribution < 1.29 is 28.5 Å². The molecule has 178 valence electrons. The number of hydrogen-bond acceptors (Lipinski definition) is 7. The molecule has 0 aromatic heterocycles. The Morgan fingerprint density at radius 2 is 1.60 bits per heavy atom. The molecule has 1 amide bonds. The lowest BCUT2D eigenvalue weighted by Crippen LogP contribution is -2.13. The molecule has 0 radical (unpaired) electrons. The van der Waals surface area contributed by atoms with E-state index in [1.165, 1.54) is 27.4 Å². The molecule has 0 unspecified atom stereocenters. The number of nitriles is 1. The normalized spacial score (nSPS) is 10.6. The van der Waals surface area contributed by atoms with Crippen LogP contribution in [-0.2, 0) is 16.1 Å². The summed E-state index contributed by atoms with van der Waals surface area (Å²) in [5, 5.41) is 12.2. The van der Waals surface area contributed by atoms with Gasteiger partial charge in [-0.15, -0.1) is 0 Å². The van der Waals surface area contributed by atoms with Crippen molar-refractivity contribution in [3.63, 3.8) is 0 Å². The third kappa shape index (κ3) is 6.62. The second-order valence-electron chi connectivity index (χ2n) is 7.24. The molecule has 0 atom stereocenters. The van der Waals surface area contributed by atoms with Gasteiger partial charge in [-0.25, -0.2) is 4.79 Å². The molecule has 0 spiro atoms. The van der Waals surface area contributed by atoms with Crippen LogP contribution in [0.3, 0.4) is 0 Å². The van der Waals surface area contributed by atoms with E-state index >= 15 is 0 Å². The van der Waals surface area contributed by atoms with Gasteiger partial charge in [0, 0.05) is 11.8 Å². The molecule has 0 aliphatic heterocycles. The molecule has 8 nitrogen and oxygen atoms in total. The number of esters is 1. The second-order valence-corrected chi connectivity index (χ2v) is 7.24. The van der Waals surface area contributed by atoms with E-state index in [4.69, 9.17) is 14.2 Å². The summed E-state index contributed by atoms with van der Waals surface area (Å²) >= 11 is 0. The molecule has 0 aliphatic rings. The number of anilines is 1. The summed E-state index contributed by atoms with van der Waals surface area (Å²) < 4.78 is 20.9. The Bertz CT molecular complexity index is 1260. The monoisotopic (exact) mass is 472 g/mol. The van der Waals surface area contributed by atoms with E-state index in [1.807, 2.05) is 6.07 Å². The van der Waals surface area contributed by atoms with Crippen LogP contribution in [0.15, 0.2) is 72.3 Å². The molecule has 1 N–H and O–H groups in total. The van der Waals surface area contributed by atoms with E-state index in [-0.39, 0.29) is 5.57 Å². The Balaban J connectivity index is 1.62. The number of nitrogens with zero attached hydrogens (tertiary/aromatic N) is 1. The van der Waals surface area contributed by atoms with Gasteiger partial charge in [-0.1, -0.05) is 24.3 Å². The lowest BCUT2D eigenvalue weighted by Gasteiger charge is -2.10. The van der Waals surface area contributed by atoms with Crippen LogP contribution < -0.4 is 19.5 Å². The van der Waals surface area contributed by atoms with Crippen molar-refractivity contribution in [3.8, 4) is 23.3 Å². The van der Waals surface area contributed by atoms with Gasteiger partial charge in [0.1, 0.15) is 24.0 Å². The Hall–Kier alpha value is -4.77. The number of carbonyl (C=O) groups excluding carboxylic acids is 2. The molecule has 0 saturated heterocycles. The summed E-state index contributed by atoms with van der Waals surface area (Å²) in [4.78, 5) is 24.1. The van der Waals surface area contributed by atoms with Gasteiger partial charge in [-0.2, -0.15) is 5.26 Å². The van der Waals surface area contributed by atoms with Crippen LogP contribution in [0.2, 0.25) is 0 Å². The standard InChI is InChI=1S/C27H24N2O6/c1-32-24-13-10-22(15-25(24)33-2)29-26(30)21(16-28)14-18-6-11-23(12-7-18)35-17-19-4-8-20(9-5-19)27(31)34-3/h4-15H,17H2,1-3H3,(H,29,30)/b21-14+. The predicted molar refractivity (Wildman–Crippen MR) is 130 cm³/mol. The van der Waals surface area contributed by atoms with Crippen LogP contribution in [0.25, 0.3) is 6.08 Å². The van der Waals surface area contributed by atoms with Gasteiger partial charge in [0.2, 0.25) is 0 Å². The molecule has 0 bridgehead atoms. The molecule has 3 aromatic carbocycles. The zero-order valence-corrected chi connectivity index (χ0v) is 19.5. The van der Waals surface area contributed by atoms with Crippen molar-refractivity contribution >= 4 is 23.6 Å². The fraction of sp³-hybridized carbons (Fsp3) is 0.148. The molecular weight excluding hydrogens is 448 g/mol. The van der Waals surface area contributed by atoms with Crippen molar-refractivity contribution in [2.45, 2.75) is 6.61 Å². The lowest BCUT2D eigenvalue weighted by atomic mass is 10.1. The first-order valence-corrected chi connectivity index (χ1v) is 10.5. The average Bonchev–Trinajstić information content (AvgIpc) is 2.90. The van der Waals surface area contributed by atoms with Gasteiger partial charge < -0.3 is 24.3 Å². The van der Waals surface area contributed by atoms with Crippen molar-refractivity contribution in [1.82, 2.24) is 0 Å². The zero-order chi connectivity index (χ0) is 25.2. The first-order valence-electron chi connectivity index (χ1n) is 10.5. The highest BCUT2D eigenvalue weighted by Gasteiger charge is 2.12. The molecule has 0 fully saturated rings. The molecule has 0 aliphatic carbocycles. The van der Waals surface area contributed by atoms with E-state index in [2.05, 4.69) is 10.1 Å². The minimum absolute atomic E-state index is 0.0563. The Labute approximate surface area is 203 Å². The van der Waals surface area contributed by atoms with Crippen molar-refractivity contribution in [2.75, 3.05) is 26.6 Å². The third-order valence-electron chi connectivity index (χ3n) is 4.98. The minimum atomic E-state index is -0.546. The van der Waals surface area contributed by atoms with Gasteiger partial charge in [0.25, 0.3) is 5.91 Å². The molecule has 35 heavy (non-hydrogen) atoms. The van der Waals surface area contributed by atoms with Crippen molar-refractivity contribution in [1.29, 1.82) is 5.26 Å². The highest BCUT2D eigenvalue weighted by molar-refractivity contribution is 6.09. The zero-order valence-electron chi connectivity index (χ0n) is 19.5. The quantitative estimate of drug-likeness (QED) is 0.275. The number of nitrogens with one attached hydrogen (secondary N) is 1. The number of carbonyl (C=O) groups is 2. The summed E-state index contributed by atoms with van der Waals surface area (Å²) in [5.74, 6) is 0.669. The molecule has 0 saturated carbocycles. The smallest absolute Gasteiger partial charge is 0.337 e. The van der Waals surface area contributed by atoms with Gasteiger partial charge in [-0.3, -0.25) is 4.79 Å². The number of amides is 1. The highest BCUT2D eigenvalue weighted by Crippen LogP contribution is 2.30. The number of methoxy groups -OCH3 is 3. The Morgan fingerprint density at radius 1 is 0.914 bits per heavy atom. The topological polar surface area (TPSA) is 107 Å². The summed E-state index contributed by atoms with van der Waals surface area (Å²) in [6.45, 7) is 0.313. The van der Waals surface area contributed by atoms with Crippen molar-refractivity contribution in [2.24, 2.45) is 0 Å². The minimum Gasteiger partial charge on any atom is -0.493 e. The van der Waals surface area contributed by atoms with Crippen molar-refractivity contribution in [3.05, 3.63) is 89.0 Å². The van der Waals surface area contributed by atoms with Crippen LogP contribution in [-0.4, -0.2) is 33.2 Å². The highest BCUT2D eigenvalue weighted by atomic mass is 16.5. The molecule has 8 heteroatoms. The van der Waals surface area contributed by atoms with Crippen LogP contribution >= 0.6 is 0 Å². The van der Waals surface area contributed by atoms with E-state index in [0.717, 1.165) is 5.56 Å². The van der Waals surface area contributed by atoms with Gasteiger partial charge >= 0.3 is 5.97 Å². The number of hydrogen-bond donors (Lipinski definition) is 1. The summed E-state index contributed by atoms with van der Waals surface area (Å²) in [6.07, 6.45) is 1.49. The molecular formula is C27H24N2O6. The van der Waals surface area contributed by atoms with Crippen LogP contribution in [0, 0.1) is 11.3 Å². The maximum absolute atomic E-state index is 12.6. The summed E-state index contributed by atoms with van der Waals surface area (Å²) in [5.41, 5.74) is 2.44. The number of ether oxygens (including phenoxy) is 4. The summed E-state index contributed by atoms with van der Waals surface area (Å²) in [6, 6.07) is 20.8.